The van der Waals surface area contributed by atoms with E-state index < -0.39 is 0 Å². The second kappa shape index (κ2) is 27.3. The van der Waals surface area contributed by atoms with E-state index in [1.807, 2.05) is 0 Å². The first-order chi connectivity index (χ1) is 34.0. The third kappa shape index (κ3) is 15.4. The molecule has 0 saturated heterocycles. The summed E-state index contributed by atoms with van der Waals surface area (Å²) in [7, 11) is 0. The van der Waals surface area contributed by atoms with Gasteiger partial charge in [-0.3, -0.25) is 20.0 Å². The summed E-state index contributed by atoms with van der Waals surface area (Å²) in [6, 6.07) is 31.9. The van der Waals surface area contributed by atoms with Gasteiger partial charge in [-0.1, -0.05) is 218 Å². The van der Waals surface area contributed by atoms with Crippen molar-refractivity contribution in [1.29, 1.82) is 0 Å². The Balaban J connectivity index is 0.000000312. The maximum absolute atomic E-state index is 13.4. The van der Waals surface area contributed by atoms with Crippen LogP contribution < -0.4 is 10.2 Å². The maximum Gasteiger partial charge on any atom is 2.00 e. The molecular weight excluding hydrogens is 991 g/mol. The first-order valence-electron chi connectivity index (χ1n) is 25.7. The molecule has 0 aromatic heterocycles. The van der Waals surface area contributed by atoms with Gasteiger partial charge in [0.05, 0.1) is 22.7 Å². The van der Waals surface area contributed by atoms with Gasteiger partial charge in [0.1, 0.15) is 0 Å². The van der Waals surface area contributed by atoms with Crippen molar-refractivity contribution in [2.75, 3.05) is 0 Å². The molecule has 0 atom stereocenters. The molecule has 0 bridgehead atoms. The molecule has 9 heteroatoms. The van der Waals surface area contributed by atoms with Crippen LogP contribution in [0.25, 0.3) is 0 Å². The standard InChI is InChI=1S/2C32H39ClN2O.Cu/c2*1-19(2)26-11-9-12-27(20(3)4)30(26)34-17-23-15-25(33)16-24(32(23)36)18-35-31-28(21(5)6)13-10-14-29(31)22(7)8;/h2*9-22,36H,1-8H3;/q;;+2/p-2. The van der Waals surface area contributed by atoms with Crippen LogP contribution >= 0.6 is 23.2 Å². The minimum Gasteiger partial charge on any atom is -0.872 e. The Labute approximate surface area is 458 Å². The second-order valence-corrected chi connectivity index (χ2v) is 22.1. The summed E-state index contributed by atoms with van der Waals surface area (Å²) in [4.78, 5) is 19.3. The van der Waals surface area contributed by atoms with Crippen molar-refractivity contribution < 1.29 is 27.3 Å². The van der Waals surface area contributed by atoms with Gasteiger partial charge >= 0.3 is 17.1 Å². The first-order valence-corrected chi connectivity index (χ1v) is 26.5. The largest absolute Gasteiger partial charge is 2.00 e. The molecule has 0 fully saturated rings. The SMILES string of the molecule is CC(C)c1cccc(C(C)C)c1N=Cc1cc(Cl)cc(C=Nc2c(C(C)C)cccc2C(C)C)c1[O-].CC(C)c1cccc(C(C)C)c1N=Cc1cc(Cl)cc(C=Nc2c(C(C)C)cccc2C(C)C)c1[O-].[Cu+2]. The van der Waals surface area contributed by atoms with Crippen LogP contribution in [0.3, 0.4) is 0 Å². The average molecular weight is 1070 g/mol. The Morgan fingerprint density at radius 3 is 0.603 bits per heavy atom. The van der Waals surface area contributed by atoms with Crippen molar-refractivity contribution in [2.24, 2.45) is 20.0 Å². The van der Waals surface area contributed by atoms with Crippen LogP contribution in [0.4, 0.5) is 22.7 Å². The van der Waals surface area contributed by atoms with Crippen LogP contribution in [0.5, 0.6) is 11.5 Å². The summed E-state index contributed by atoms with van der Waals surface area (Å²) < 4.78 is 0. The predicted molar refractivity (Wildman–Crippen MR) is 309 cm³/mol. The molecule has 0 spiro atoms. The Morgan fingerprint density at radius 2 is 0.466 bits per heavy atom. The van der Waals surface area contributed by atoms with Gasteiger partial charge in [0.25, 0.3) is 0 Å². The number of para-hydroxylation sites is 4. The van der Waals surface area contributed by atoms with E-state index in [0.717, 1.165) is 22.7 Å². The number of rotatable bonds is 16. The summed E-state index contributed by atoms with van der Waals surface area (Å²) in [6.45, 7) is 34.5. The van der Waals surface area contributed by atoms with Crippen LogP contribution in [0.2, 0.25) is 10.0 Å². The zero-order valence-electron chi connectivity index (χ0n) is 45.8. The van der Waals surface area contributed by atoms with Crippen LogP contribution in [0, 0.1) is 0 Å². The van der Waals surface area contributed by atoms with Crippen LogP contribution in [0.1, 0.15) is 225 Å². The van der Waals surface area contributed by atoms with Crippen molar-refractivity contribution in [3.05, 3.63) is 174 Å². The molecule has 0 unspecified atom stereocenters. The van der Waals surface area contributed by atoms with Crippen LogP contribution in [-0.2, 0) is 17.1 Å². The molecule has 6 rings (SSSR count). The van der Waals surface area contributed by atoms with Crippen molar-refractivity contribution >= 4 is 70.8 Å². The summed E-state index contributed by atoms with van der Waals surface area (Å²) in [5, 5.41) is 27.8. The average Bonchev–Trinajstić information content (AvgIpc) is 3.32. The van der Waals surface area contributed by atoms with Gasteiger partial charge in [-0.25, -0.2) is 0 Å². The fraction of sp³-hybridized carbons (Fsp3) is 0.375. The monoisotopic (exact) mass is 1070 g/mol. The summed E-state index contributed by atoms with van der Waals surface area (Å²) >= 11 is 12.9. The van der Waals surface area contributed by atoms with E-state index in [4.69, 9.17) is 43.2 Å². The fourth-order valence-electron chi connectivity index (χ4n) is 8.84. The van der Waals surface area contributed by atoms with E-state index >= 15 is 0 Å². The third-order valence-corrected chi connectivity index (χ3v) is 13.4. The molecule has 73 heavy (non-hydrogen) atoms. The minimum absolute atomic E-state index is 0. The van der Waals surface area contributed by atoms with E-state index in [0.29, 0.717) is 79.6 Å². The zero-order valence-corrected chi connectivity index (χ0v) is 48.3. The summed E-state index contributed by atoms with van der Waals surface area (Å²) in [5.74, 6) is 2.30. The van der Waals surface area contributed by atoms with Crippen molar-refractivity contribution in [2.45, 2.75) is 158 Å². The maximum atomic E-state index is 13.4. The van der Waals surface area contributed by atoms with Gasteiger partial charge in [0.2, 0.25) is 0 Å². The van der Waals surface area contributed by atoms with E-state index in [2.05, 4.69) is 184 Å². The molecule has 0 aliphatic carbocycles. The first kappa shape index (κ1) is 60.3. The molecule has 0 N–H and O–H groups in total. The molecular formula is C64H76Cl2CuN4O2. The second-order valence-electron chi connectivity index (χ2n) is 21.2. The molecule has 1 radical (unpaired) electrons. The van der Waals surface area contributed by atoms with E-state index in [9.17, 15) is 10.2 Å². The van der Waals surface area contributed by atoms with E-state index in [1.165, 1.54) is 44.5 Å². The number of hydrogen-bond acceptors (Lipinski definition) is 6. The zero-order chi connectivity index (χ0) is 53.1. The normalized spacial score (nSPS) is 12.2. The fourth-order valence-corrected chi connectivity index (χ4v) is 9.31. The molecule has 0 aliphatic rings. The van der Waals surface area contributed by atoms with Gasteiger partial charge in [-0.2, -0.15) is 0 Å². The minimum atomic E-state index is -0.131. The summed E-state index contributed by atoms with van der Waals surface area (Å²) in [5.41, 5.74) is 14.9. The van der Waals surface area contributed by atoms with Crippen molar-refractivity contribution in [3.8, 4) is 11.5 Å². The van der Waals surface area contributed by atoms with Crippen molar-refractivity contribution in [1.82, 2.24) is 0 Å². The van der Waals surface area contributed by atoms with Gasteiger partial charge in [-0.15, -0.1) is 0 Å². The van der Waals surface area contributed by atoms with Crippen LogP contribution in [0.15, 0.2) is 117 Å². The molecule has 0 aliphatic heterocycles. The van der Waals surface area contributed by atoms with Gasteiger partial charge in [0, 0.05) is 34.9 Å². The molecule has 0 saturated carbocycles. The molecule has 389 valence electrons. The van der Waals surface area contributed by atoms with Gasteiger partial charge in [-0.05, 0) is 138 Å². The van der Waals surface area contributed by atoms with Gasteiger partial charge in [0.15, 0.2) is 0 Å². The van der Waals surface area contributed by atoms with Crippen molar-refractivity contribution in [3.63, 3.8) is 0 Å². The Hall–Kier alpha value is -5.30. The third-order valence-electron chi connectivity index (χ3n) is 12.9. The molecule has 6 aromatic carbocycles. The Kier molecular flexibility index (Phi) is 22.5. The smallest absolute Gasteiger partial charge is 0.872 e. The molecule has 6 aromatic rings. The van der Waals surface area contributed by atoms with E-state index in [-0.39, 0.29) is 28.6 Å². The van der Waals surface area contributed by atoms with E-state index in [1.54, 1.807) is 49.1 Å². The number of halogens is 2. The van der Waals surface area contributed by atoms with Crippen LogP contribution in [-0.4, -0.2) is 24.9 Å². The Morgan fingerprint density at radius 1 is 0.315 bits per heavy atom. The summed E-state index contributed by atoms with van der Waals surface area (Å²) in [6.07, 6.45) is 6.61. The quantitative estimate of drug-likeness (QED) is 0.0713. The molecule has 0 heterocycles. The Bertz CT molecular complexity index is 2450. The topological polar surface area (TPSA) is 95.6 Å². The molecule has 6 nitrogen and oxygen atoms in total. The van der Waals surface area contributed by atoms with Gasteiger partial charge < -0.3 is 10.2 Å². The number of nitrogens with zero attached hydrogens (tertiary/aromatic N) is 4. The molecule has 0 amide bonds. The number of benzene rings is 6. The predicted octanol–water partition coefficient (Wildman–Crippen LogP) is 18.8. The number of aliphatic imine (C=N–C) groups is 4. The number of hydrogen-bond donors (Lipinski definition) is 0.